The molecule has 1 saturated heterocycles. The Hall–Kier alpha value is -3.09. The van der Waals surface area contributed by atoms with E-state index in [1.165, 1.54) is 0 Å². The second-order valence-electron chi connectivity index (χ2n) is 6.88. The Morgan fingerprint density at radius 3 is 2.36 bits per heavy atom. The van der Waals surface area contributed by atoms with Gasteiger partial charge in [0.2, 0.25) is 0 Å². The number of aromatic amines is 1. The molecular formula is C21H25N3O4. The average Bonchev–Trinajstić information content (AvgIpc) is 3.30. The summed E-state index contributed by atoms with van der Waals surface area (Å²) in [5, 5.41) is 2.80. The number of hydrogen-bond acceptors (Lipinski definition) is 4. The molecule has 2 aromatic rings. The molecule has 2 amide bonds. The van der Waals surface area contributed by atoms with Crippen LogP contribution in [0.25, 0.3) is 0 Å². The van der Waals surface area contributed by atoms with Crippen LogP contribution < -0.4 is 5.32 Å². The third-order valence-electron chi connectivity index (χ3n) is 4.93. The molecule has 1 aliphatic heterocycles. The number of ether oxygens (including phenoxy) is 1. The van der Waals surface area contributed by atoms with Crippen molar-refractivity contribution in [3.8, 4) is 0 Å². The molecular weight excluding hydrogens is 358 g/mol. The summed E-state index contributed by atoms with van der Waals surface area (Å²) < 4.78 is 5.05. The van der Waals surface area contributed by atoms with E-state index >= 15 is 0 Å². The molecule has 0 radical (unpaired) electrons. The Kier molecular flexibility index (Phi) is 5.82. The van der Waals surface area contributed by atoms with Gasteiger partial charge < -0.3 is 19.9 Å². The van der Waals surface area contributed by atoms with E-state index in [1.54, 1.807) is 45.0 Å². The van der Waals surface area contributed by atoms with E-state index in [2.05, 4.69) is 10.3 Å². The number of aromatic nitrogens is 1. The summed E-state index contributed by atoms with van der Waals surface area (Å²) in [5.41, 5.74) is 3.03. The zero-order chi connectivity index (χ0) is 20.3. The van der Waals surface area contributed by atoms with Crippen molar-refractivity contribution in [1.82, 2.24) is 9.88 Å². The van der Waals surface area contributed by atoms with Gasteiger partial charge >= 0.3 is 5.97 Å². The predicted octanol–water partition coefficient (Wildman–Crippen LogP) is 3.30. The number of benzene rings is 1. The van der Waals surface area contributed by atoms with Crippen LogP contribution in [0.2, 0.25) is 0 Å². The van der Waals surface area contributed by atoms with Crippen molar-refractivity contribution >= 4 is 23.5 Å². The molecule has 148 valence electrons. The highest BCUT2D eigenvalue weighted by molar-refractivity contribution is 6.07. The smallest absolute Gasteiger partial charge is 0.340 e. The lowest BCUT2D eigenvalue weighted by molar-refractivity contribution is 0.0524. The summed E-state index contributed by atoms with van der Waals surface area (Å²) in [6.07, 6.45) is 2.09. The first-order valence-electron chi connectivity index (χ1n) is 9.49. The van der Waals surface area contributed by atoms with Crippen molar-refractivity contribution in [3.05, 3.63) is 52.3 Å². The number of nitrogens with one attached hydrogen (secondary N) is 2. The van der Waals surface area contributed by atoms with Gasteiger partial charge in [0.25, 0.3) is 11.8 Å². The molecule has 0 bridgehead atoms. The minimum Gasteiger partial charge on any atom is -0.462 e. The molecule has 0 unspecified atom stereocenters. The van der Waals surface area contributed by atoms with Gasteiger partial charge in [-0.1, -0.05) is 0 Å². The molecule has 2 heterocycles. The number of aryl methyl sites for hydroxylation is 1. The van der Waals surface area contributed by atoms with Crippen molar-refractivity contribution in [2.45, 2.75) is 33.6 Å². The summed E-state index contributed by atoms with van der Waals surface area (Å²) in [5.74, 6) is -0.780. The van der Waals surface area contributed by atoms with Crippen LogP contribution in [-0.4, -0.2) is 47.4 Å². The maximum absolute atomic E-state index is 12.6. The largest absolute Gasteiger partial charge is 0.462 e. The fourth-order valence-corrected chi connectivity index (χ4v) is 3.48. The lowest BCUT2D eigenvalue weighted by atomic mass is 10.1. The highest BCUT2D eigenvalue weighted by Crippen LogP contribution is 2.21. The molecule has 28 heavy (non-hydrogen) atoms. The molecule has 0 spiro atoms. The van der Waals surface area contributed by atoms with Crippen LogP contribution >= 0.6 is 0 Å². The van der Waals surface area contributed by atoms with Crippen LogP contribution in [0.5, 0.6) is 0 Å². The van der Waals surface area contributed by atoms with Crippen molar-refractivity contribution < 1.29 is 19.1 Å². The molecule has 7 nitrogen and oxygen atoms in total. The van der Waals surface area contributed by atoms with Crippen LogP contribution in [0.3, 0.4) is 0 Å². The third kappa shape index (κ3) is 3.93. The fourth-order valence-electron chi connectivity index (χ4n) is 3.48. The number of carbonyl (C=O) groups excluding carboxylic acids is 3. The second kappa shape index (κ2) is 8.29. The number of rotatable bonds is 5. The van der Waals surface area contributed by atoms with Crippen molar-refractivity contribution in [2.24, 2.45) is 0 Å². The molecule has 1 aliphatic rings. The first kappa shape index (κ1) is 19.7. The maximum Gasteiger partial charge on any atom is 0.340 e. The Labute approximate surface area is 164 Å². The van der Waals surface area contributed by atoms with Crippen molar-refractivity contribution in [1.29, 1.82) is 0 Å². The summed E-state index contributed by atoms with van der Waals surface area (Å²) in [4.78, 5) is 41.9. The van der Waals surface area contributed by atoms with E-state index in [9.17, 15) is 14.4 Å². The second-order valence-corrected chi connectivity index (χ2v) is 6.88. The number of anilines is 1. The number of amides is 2. The molecule has 0 saturated carbocycles. The molecule has 1 fully saturated rings. The number of likely N-dealkylation sites (tertiary alicyclic amines) is 1. The van der Waals surface area contributed by atoms with E-state index in [0.29, 0.717) is 33.8 Å². The van der Waals surface area contributed by atoms with E-state index in [1.807, 2.05) is 4.90 Å². The number of esters is 1. The minimum absolute atomic E-state index is 0.0188. The predicted molar refractivity (Wildman–Crippen MR) is 106 cm³/mol. The lowest BCUT2D eigenvalue weighted by Crippen LogP contribution is -2.27. The van der Waals surface area contributed by atoms with Gasteiger partial charge in [0.15, 0.2) is 0 Å². The highest BCUT2D eigenvalue weighted by Gasteiger charge is 2.23. The van der Waals surface area contributed by atoms with Crippen LogP contribution in [0, 0.1) is 13.8 Å². The summed E-state index contributed by atoms with van der Waals surface area (Å²) in [7, 11) is 0. The number of H-pyrrole nitrogens is 1. The lowest BCUT2D eigenvalue weighted by Gasteiger charge is -2.15. The van der Waals surface area contributed by atoms with Gasteiger partial charge in [0.1, 0.15) is 5.69 Å². The average molecular weight is 383 g/mol. The first-order chi connectivity index (χ1) is 13.4. The van der Waals surface area contributed by atoms with Gasteiger partial charge in [-0.15, -0.1) is 0 Å². The van der Waals surface area contributed by atoms with Gasteiger partial charge in [-0.2, -0.15) is 0 Å². The van der Waals surface area contributed by atoms with E-state index in [0.717, 1.165) is 25.9 Å². The van der Waals surface area contributed by atoms with Gasteiger partial charge in [-0.3, -0.25) is 9.59 Å². The van der Waals surface area contributed by atoms with Crippen molar-refractivity contribution in [2.75, 3.05) is 25.0 Å². The maximum atomic E-state index is 12.6. The highest BCUT2D eigenvalue weighted by atomic mass is 16.5. The van der Waals surface area contributed by atoms with Crippen LogP contribution in [0.15, 0.2) is 24.3 Å². The van der Waals surface area contributed by atoms with Crippen LogP contribution in [-0.2, 0) is 4.74 Å². The Bertz CT molecular complexity index is 893. The number of nitrogens with zero attached hydrogens (tertiary/aromatic N) is 1. The van der Waals surface area contributed by atoms with Gasteiger partial charge in [-0.05, 0) is 63.4 Å². The normalized spacial score (nSPS) is 13.5. The van der Waals surface area contributed by atoms with E-state index < -0.39 is 5.97 Å². The Morgan fingerprint density at radius 2 is 1.75 bits per heavy atom. The van der Waals surface area contributed by atoms with E-state index in [-0.39, 0.29) is 18.4 Å². The Morgan fingerprint density at radius 1 is 1.11 bits per heavy atom. The van der Waals surface area contributed by atoms with Gasteiger partial charge in [0.05, 0.1) is 12.2 Å². The quantitative estimate of drug-likeness (QED) is 0.775. The molecule has 0 aliphatic carbocycles. The van der Waals surface area contributed by atoms with Crippen LogP contribution in [0.4, 0.5) is 5.69 Å². The minimum atomic E-state index is -0.447. The summed E-state index contributed by atoms with van der Waals surface area (Å²) >= 11 is 0. The zero-order valence-electron chi connectivity index (χ0n) is 16.4. The van der Waals surface area contributed by atoms with Crippen LogP contribution in [0.1, 0.15) is 62.2 Å². The third-order valence-corrected chi connectivity index (χ3v) is 4.93. The monoisotopic (exact) mass is 383 g/mol. The SMILES string of the molecule is CCOC(=O)c1c(C)[nH]c(C(=O)Nc2ccc(C(=O)N3CCCC3)cc2)c1C. The molecule has 2 N–H and O–H groups in total. The van der Waals surface area contributed by atoms with Gasteiger partial charge in [-0.25, -0.2) is 4.79 Å². The standard InChI is InChI=1S/C21H25N3O4/c1-4-28-21(27)17-13(2)18(22-14(17)3)19(25)23-16-9-7-15(8-10-16)20(26)24-11-5-6-12-24/h7-10,22H,4-6,11-12H2,1-3H3,(H,23,25). The molecule has 7 heteroatoms. The summed E-state index contributed by atoms with van der Waals surface area (Å²) in [6, 6.07) is 6.84. The number of carbonyl (C=O) groups is 3. The molecule has 3 rings (SSSR count). The van der Waals surface area contributed by atoms with Crippen molar-refractivity contribution in [3.63, 3.8) is 0 Å². The van der Waals surface area contributed by atoms with Gasteiger partial charge in [0, 0.05) is 30.0 Å². The number of hydrogen-bond donors (Lipinski definition) is 2. The first-order valence-corrected chi connectivity index (χ1v) is 9.49. The zero-order valence-corrected chi connectivity index (χ0v) is 16.4. The fraction of sp³-hybridized carbons (Fsp3) is 0.381. The molecule has 1 aromatic heterocycles. The molecule has 1 aromatic carbocycles. The summed E-state index contributed by atoms with van der Waals surface area (Å²) in [6.45, 7) is 7.04. The molecule has 0 atom stereocenters. The topological polar surface area (TPSA) is 91.5 Å². The Balaban J connectivity index is 1.72. The van der Waals surface area contributed by atoms with E-state index in [4.69, 9.17) is 4.74 Å².